The number of hydrogen-bond donors (Lipinski definition) is 2. The third-order valence-electron chi connectivity index (χ3n) is 3.20. The van der Waals surface area contributed by atoms with Gasteiger partial charge in [-0.1, -0.05) is 35.9 Å². The van der Waals surface area contributed by atoms with E-state index in [1.165, 1.54) is 12.1 Å². The first kappa shape index (κ1) is 17.1. The molecular weight excluding hydrogens is 362 g/mol. The van der Waals surface area contributed by atoms with E-state index in [-0.39, 0.29) is 15.8 Å². The van der Waals surface area contributed by atoms with Gasteiger partial charge in [0.05, 0.1) is 0 Å². The normalized spacial score (nSPS) is 11.5. The van der Waals surface area contributed by atoms with Crippen molar-refractivity contribution in [2.45, 2.75) is 5.16 Å². The molecule has 8 heteroatoms. The van der Waals surface area contributed by atoms with Crippen LogP contribution in [0.5, 0.6) is 5.75 Å². The molecule has 0 saturated carbocycles. The standard InChI is InChI=1S/C17H12ClN3O3S/c18-12-7-5-10(6-8-12)15-19-17(21-20-15)25-14(16(23)24)9-11-3-1-2-4-13(11)22/h1-9,22H,(H,23,24)(H,19,20,21)/p-1/b14-9-. The van der Waals surface area contributed by atoms with Crippen molar-refractivity contribution in [1.82, 2.24) is 15.2 Å². The van der Waals surface area contributed by atoms with E-state index in [4.69, 9.17) is 11.6 Å². The lowest BCUT2D eigenvalue weighted by atomic mass is 10.2. The minimum atomic E-state index is -1.16. The molecule has 0 bridgehead atoms. The molecule has 126 valence electrons. The Morgan fingerprint density at radius 3 is 2.60 bits per heavy atom. The van der Waals surface area contributed by atoms with Gasteiger partial charge in [0.2, 0.25) is 5.16 Å². The molecule has 1 aromatic heterocycles. The maximum Gasteiger partial charge on any atom is 0.342 e. The van der Waals surface area contributed by atoms with Crippen molar-refractivity contribution in [3.05, 3.63) is 64.0 Å². The molecule has 1 heterocycles. The summed E-state index contributed by atoms with van der Waals surface area (Å²) in [6.45, 7) is 0. The van der Waals surface area contributed by atoms with Gasteiger partial charge in [0.1, 0.15) is 4.91 Å². The van der Waals surface area contributed by atoms with Crippen LogP contribution in [0.1, 0.15) is 5.56 Å². The molecule has 0 amide bonds. The quantitative estimate of drug-likeness (QED) is 0.525. The maximum atomic E-state index is 11.8. The lowest BCUT2D eigenvalue weighted by Crippen LogP contribution is -1.99. The van der Waals surface area contributed by atoms with Gasteiger partial charge in [-0.2, -0.15) is 0 Å². The predicted molar refractivity (Wildman–Crippen MR) is 94.2 cm³/mol. The topological polar surface area (TPSA) is 102 Å². The number of H-pyrrole nitrogens is 1. The third kappa shape index (κ3) is 4.20. The first-order valence-corrected chi connectivity index (χ1v) is 8.29. The summed E-state index contributed by atoms with van der Waals surface area (Å²) in [4.78, 5) is 15.7. The Morgan fingerprint density at radius 1 is 1.20 bits per heavy atom. The summed E-state index contributed by atoms with van der Waals surface area (Å²) < 4.78 is 0. The van der Waals surface area contributed by atoms with Crippen LogP contribution in [0.25, 0.3) is 17.5 Å². The second-order valence-electron chi connectivity index (χ2n) is 4.93. The molecule has 2 N–H and O–H groups in total. The monoisotopic (exact) mass is 372 g/mol. The second kappa shape index (κ2) is 7.42. The molecule has 2 aromatic carbocycles. The van der Waals surface area contributed by atoms with Crippen molar-refractivity contribution in [2.75, 3.05) is 0 Å². The van der Waals surface area contributed by atoms with Gasteiger partial charge < -0.3 is 10.2 Å². The van der Waals surface area contributed by atoms with E-state index in [9.17, 15) is 15.0 Å². The van der Waals surface area contributed by atoms with Crippen LogP contribution in [-0.2, 0) is 4.79 Å². The van der Waals surface area contributed by atoms with Gasteiger partial charge in [0, 0.05) is 10.6 Å². The Kier molecular flexibility index (Phi) is 5.06. The number of rotatable bonds is 5. The summed E-state index contributed by atoms with van der Waals surface area (Å²) in [6, 6.07) is 13.2. The predicted octanol–water partition coefficient (Wildman–Crippen LogP) is 3.42. The maximum absolute atomic E-state index is 11.8. The molecule has 0 aliphatic carbocycles. The van der Waals surface area contributed by atoms with Gasteiger partial charge in [-0.15, -0.1) is 10.8 Å². The highest BCUT2D eigenvalue weighted by Gasteiger charge is 2.14. The van der Waals surface area contributed by atoms with E-state index in [2.05, 4.69) is 15.2 Å². The second-order valence-corrected chi connectivity index (χ2v) is 6.37. The highest BCUT2D eigenvalue weighted by molar-refractivity contribution is 8.04. The number of carboxylic acid groups (broad SMARTS) is 1. The van der Waals surface area contributed by atoms with Crippen LogP contribution in [0.2, 0.25) is 5.02 Å². The Hall–Kier alpha value is -2.77. The highest BCUT2D eigenvalue weighted by atomic mass is 35.5. The van der Waals surface area contributed by atoms with Gasteiger partial charge in [-0.05, 0) is 47.7 Å². The largest absolute Gasteiger partial charge is 0.872 e. The first-order valence-electron chi connectivity index (χ1n) is 7.10. The Bertz CT molecular complexity index is 938. The number of aliphatic carboxylic acids is 1. The fourth-order valence-corrected chi connectivity index (χ4v) is 2.83. The minimum Gasteiger partial charge on any atom is -0.872 e. The van der Waals surface area contributed by atoms with Gasteiger partial charge in [-0.3, -0.25) is 5.10 Å². The van der Waals surface area contributed by atoms with Crippen LogP contribution < -0.4 is 5.11 Å². The summed E-state index contributed by atoms with van der Waals surface area (Å²) in [6.07, 6.45) is 1.31. The van der Waals surface area contributed by atoms with Crippen molar-refractivity contribution in [2.24, 2.45) is 0 Å². The minimum absolute atomic E-state index is 0.0510. The van der Waals surface area contributed by atoms with E-state index in [0.717, 1.165) is 17.3 Å². The third-order valence-corrected chi connectivity index (χ3v) is 4.33. The SMILES string of the molecule is O=C(O)/C(=C/c1ccccc1[O-])Sc1n[nH]c(-c2ccc(Cl)cc2)n1. The van der Waals surface area contributed by atoms with Crippen molar-refractivity contribution >= 4 is 35.4 Å². The summed E-state index contributed by atoms with van der Waals surface area (Å²) >= 11 is 6.71. The summed E-state index contributed by atoms with van der Waals surface area (Å²) in [5.74, 6) is -0.919. The van der Waals surface area contributed by atoms with Gasteiger partial charge in [0.15, 0.2) is 5.82 Å². The number of hydrogen-bond acceptors (Lipinski definition) is 5. The van der Waals surface area contributed by atoms with Crippen molar-refractivity contribution in [3.63, 3.8) is 0 Å². The first-order chi connectivity index (χ1) is 12.0. The smallest absolute Gasteiger partial charge is 0.342 e. The average molecular weight is 373 g/mol. The Labute approximate surface area is 152 Å². The number of aromatic amines is 1. The molecule has 0 fully saturated rings. The molecule has 0 radical (unpaired) electrons. The molecule has 3 aromatic rings. The number of para-hydroxylation sites is 1. The number of thioether (sulfide) groups is 1. The van der Waals surface area contributed by atoms with E-state index >= 15 is 0 Å². The lowest BCUT2D eigenvalue weighted by Gasteiger charge is -2.09. The number of nitrogens with one attached hydrogen (secondary N) is 1. The Balaban J connectivity index is 1.85. The van der Waals surface area contributed by atoms with Crippen LogP contribution >= 0.6 is 23.4 Å². The molecule has 0 aliphatic heterocycles. The summed E-state index contributed by atoms with van der Waals surface area (Å²) in [5, 5.41) is 28.7. The number of benzene rings is 2. The van der Waals surface area contributed by atoms with Crippen LogP contribution in [0, 0.1) is 0 Å². The summed E-state index contributed by atoms with van der Waals surface area (Å²) in [5.41, 5.74) is 1.07. The van der Waals surface area contributed by atoms with Crippen LogP contribution in [0.15, 0.2) is 58.6 Å². The van der Waals surface area contributed by atoms with Crippen molar-refractivity contribution < 1.29 is 15.0 Å². The molecule has 3 rings (SSSR count). The number of aromatic nitrogens is 3. The molecule has 0 spiro atoms. The van der Waals surface area contributed by atoms with Gasteiger partial charge in [0.25, 0.3) is 0 Å². The lowest BCUT2D eigenvalue weighted by molar-refractivity contribution is -0.268. The van der Waals surface area contributed by atoms with Gasteiger partial charge in [-0.25, -0.2) is 9.78 Å². The summed E-state index contributed by atoms with van der Waals surface area (Å²) in [7, 11) is 0. The fourth-order valence-electron chi connectivity index (χ4n) is 2.00. The molecule has 0 atom stereocenters. The van der Waals surface area contributed by atoms with Crippen LogP contribution in [0.3, 0.4) is 0 Å². The zero-order chi connectivity index (χ0) is 17.8. The van der Waals surface area contributed by atoms with Crippen molar-refractivity contribution in [1.29, 1.82) is 0 Å². The van der Waals surface area contributed by atoms with Gasteiger partial charge >= 0.3 is 5.97 Å². The molecule has 0 aliphatic rings. The number of carbonyl (C=O) groups is 1. The van der Waals surface area contributed by atoms with E-state index in [0.29, 0.717) is 16.4 Å². The number of nitrogens with zero attached hydrogens (tertiary/aromatic N) is 2. The fraction of sp³-hybridized carbons (Fsp3) is 0. The Morgan fingerprint density at radius 2 is 1.92 bits per heavy atom. The number of carboxylic acids is 1. The number of halogens is 1. The zero-order valence-electron chi connectivity index (χ0n) is 12.6. The van der Waals surface area contributed by atoms with E-state index in [1.807, 2.05) is 0 Å². The van der Waals surface area contributed by atoms with Crippen LogP contribution in [-0.4, -0.2) is 26.3 Å². The molecule has 0 unspecified atom stereocenters. The molecule has 6 nitrogen and oxygen atoms in total. The van der Waals surface area contributed by atoms with Crippen molar-refractivity contribution in [3.8, 4) is 17.1 Å². The average Bonchev–Trinajstić information content (AvgIpc) is 3.05. The van der Waals surface area contributed by atoms with E-state index in [1.54, 1.807) is 42.5 Å². The van der Waals surface area contributed by atoms with E-state index < -0.39 is 5.97 Å². The molecular formula is C17H11ClN3O3S-. The zero-order valence-corrected chi connectivity index (χ0v) is 14.2. The van der Waals surface area contributed by atoms with Crippen LogP contribution in [0.4, 0.5) is 0 Å². The molecule has 25 heavy (non-hydrogen) atoms. The molecule has 0 saturated heterocycles. The highest BCUT2D eigenvalue weighted by Crippen LogP contribution is 2.29.